The summed E-state index contributed by atoms with van der Waals surface area (Å²) >= 11 is 6.24. The van der Waals surface area contributed by atoms with Crippen LogP contribution in [0.25, 0.3) is 0 Å². The summed E-state index contributed by atoms with van der Waals surface area (Å²) in [5, 5.41) is 4.90. The van der Waals surface area contributed by atoms with Gasteiger partial charge < -0.3 is 4.74 Å². The van der Waals surface area contributed by atoms with E-state index < -0.39 is 0 Å². The van der Waals surface area contributed by atoms with Gasteiger partial charge in [0.2, 0.25) is 0 Å². The average molecular weight is 273 g/mol. The van der Waals surface area contributed by atoms with E-state index in [4.69, 9.17) is 22.2 Å². The minimum atomic E-state index is -0.330. The molecule has 0 spiro atoms. The molecule has 0 radical (unpaired) electrons. The second kappa shape index (κ2) is 5.57. The Morgan fingerprint density at radius 3 is 3.00 bits per heavy atom. The average Bonchev–Trinajstić information content (AvgIpc) is 2.73. The quantitative estimate of drug-likeness (QED) is 0.650. The Bertz CT molecular complexity index is 401. The van der Waals surface area contributed by atoms with E-state index in [1.54, 1.807) is 6.20 Å². The molecule has 102 valence electrons. The van der Waals surface area contributed by atoms with Gasteiger partial charge in [-0.2, -0.15) is 5.10 Å². The van der Waals surface area contributed by atoms with Crippen molar-refractivity contribution in [1.29, 1.82) is 0 Å². The van der Waals surface area contributed by atoms with Crippen LogP contribution in [0.4, 0.5) is 0 Å². The number of ether oxygens (including phenoxy) is 1. The summed E-state index contributed by atoms with van der Waals surface area (Å²) < 4.78 is 7.83. The van der Waals surface area contributed by atoms with E-state index in [1.807, 2.05) is 11.6 Å². The van der Waals surface area contributed by atoms with Gasteiger partial charge >= 0.3 is 0 Å². The fourth-order valence-electron chi connectivity index (χ4n) is 2.64. The fourth-order valence-corrected chi connectivity index (χ4v) is 2.89. The number of aryl methyl sites for hydroxylation is 1. The lowest BCUT2D eigenvalue weighted by Gasteiger charge is -2.40. The minimum absolute atomic E-state index is 0.146. The summed E-state index contributed by atoms with van der Waals surface area (Å²) in [4.78, 5) is 0. The van der Waals surface area contributed by atoms with Crippen molar-refractivity contribution in [2.24, 2.45) is 5.84 Å². The molecule has 1 aromatic rings. The molecule has 18 heavy (non-hydrogen) atoms. The van der Waals surface area contributed by atoms with Crippen LogP contribution in [0.1, 0.15) is 44.8 Å². The summed E-state index contributed by atoms with van der Waals surface area (Å²) in [5.74, 6) is 5.74. The van der Waals surface area contributed by atoms with Gasteiger partial charge in [0.25, 0.3) is 0 Å². The smallest absolute Gasteiger partial charge is 0.0930 e. The normalized spacial score (nSPS) is 26.2. The van der Waals surface area contributed by atoms with E-state index in [0.29, 0.717) is 5.02 Å². The molecule has 0 aliphatic carbocycles. The first-order valence-electron chi connectivity index (χ1n) is 6.43. The first kappa shape index (κ1) is 13.8. The first-order valence-corrected chi connectivity index (χ1v) is 6.81. The summed E-state index contributed by atoms with van der Waals surface area (Å²) in [7, 11) is 0. The SMILES string of the molecule is CCn1ncc(Cl)c1C(NN)C1(C)CCCCO1. The second-order valence-electron chi connectivity index (χ2n) is 4.91. The van der Waals surface area contributed by atoms with Gasteiger partial charge in [-0.15, -0.1) is 0 Å². The van der Waals surface area contributed by atoms with Crippen LogP contribution in [-0.4, -0.2) is 22.0 Å². The van der Waals surface area contributed by atoms with Gasteiger partial charge in [-0.05, 0) is 33.1 Å². The number of nitrogens with zero attached hydrogens (tertiary/aromatic N) is 2. The number of nitrogens with two attached hydrogens (primary N) is 1. The molecule has 0 aromatic carbocycles. The van der Waals surface area contributed by atoms with Crippen LogP contribution in [0.3, 0.4) is 0 Å². The molecule has 6 heteroatoms. The number of hydrogen-bond acceptors (Lipinski definition) is 4. The zero-order valence-corrected chi connectivity index (χ0v) is 11.7. The second-order valence-corrected chi connectivity index (χ2v) is 5.32. The van der Waals surface area contributed by atoms with Gasteiger partial charge in [0.15, 0.2) is 0 Å². The van der Waals surface area contributed by atoms with Crippen LogP contribution in [0.5, 0.6) is 0 Å². The fraction of sp³-hybridized carbons (Fsp3) is 0.750. The van der Waals surface area contributed by atoms with Gasteiger partial charge in [0, 0.05) is 13.2 Å². The molecular weight excluding hydrogens is 252 g/mol. The number of rotatable bonds is 4. The number of nitrogens with one attached hydrogen (secondary N) is 1. The number of aromatic nitrogens is 2. The lowest BCUT2D eigenvalue weighted by Crippen LogP contribution is -2.49. The van der Waals surface area contributed by atoms with Crippen molar-refractivity contribution < 1.29 is 4.74 Å². The zero-order valence-electron chi connectivity index (χ0n) is 10.9. The van der Waals surface area contributed by atoms with Crippen LogP contribution in [0, 0.1) is 0 Å². The monoisotopic (exact) mass is 272 g/mol. The number of halogens is 1. The third-order valence-electron chi connectivity index (χ3n) is 3.68. The molecule has 0 amide bonds. The molecule has 1 fully saturated rings. The van der Waals surface area contributed by atoms with Gasteiger partial charge in [-0.25, -0.2) is 5.43 Å². The Labute approximate surface area is 113 Å². The van der Waals surface area contributed by atoms with Gasteiger partial charge in [-0.3, -0.25) is 10.5 Å². The van der Waals surface area contributed by atoms with Crippen molar-refractivity contribution in [2.45, 2.75) is 51.3 Å². The van der Waals surface area contributed by atoms with Gasteiger partial charge in [0.1, 0.15) is 0 Å². The van der Waals surface area contributed by atoms with E-state index in [9.17, 15) is 0 Å². The highest BCUT2D eigenvalue weighted by Gasteiger charge is 2.40. The molecule has 1 aliphatic heterocycles. The largest absolute Gasteiger partial charge is 0.373 e. The van der Waals surface area contributed by atoms with Crippen molar-refractivity contribution in [3.8, 4) is 0 Å². The highest BCUT2D eigenvalue weighted by atomic mass is 35.5. The Morgan fingerprint density at radius 2 is 2.44 bits per heavy atom. The highest BCUT2D eigenvalue weighted by Crippen LogP contribution is 2.38. The van der Waals surface area contributed by atoms with Crippen molar-refractivity contribution >= 4 is 11.6 Å². The van der Waals surface area contributed by atoms with Crippen molar-refractivity contribution in [3.05, 3.63) is 16.9 Å². The van der Waals surface area contributed by atoms with E-state index >= 15 is 0 Å². The molecule has 5 nitrogen and oxygen atoms in total. The summed E-state index contributed by atoms with van der Waals surface area (Å²) in [6.45, 7) is 5.65. The molecule has 1 aromatic heterocycles. The van der Waals surface area contributed by atoms with E-state index in [0.717, 1.165) is 38.1 Å². The Morgan fingerprint density at radius 1 is 1.67 bits per heavy atom. The summed E-state index contributed by atoms with van der Waals surface area (Å²) in [6, 6.07) is -0.146. The third kappa shape index (κ3) is 2.40. The van der Waals surface area contributed by atoms with Crippen LogP contribution < -0.4 is 11.3 Å². The highest BCUT2D eigenvalue weighted by molar-refractivity contribution is 6.31. The summed E-state index contributed by atoms with van der Waals surface area (Å²) in [5.41, 5.74) is 3.44. The van der Waals surface area contributed by atoms with E-state index in [1.165, 1.54) is 0 Å². The topological polar surface area (TPSA) is 65.1 Å². The van der Waals surface area contributed by atoms with Gasteiger partial charge in [0.05, 0.1) is 28.6 Å². The van der Waals surface area contributed by atoms with Crippen LogP contribution in [0.2, 0.25) is 5.02 Å². The predicted molar refractivity (Wildman–Crippen MR) is 71.2 cm³/mol. The third-order valence-corrected chi connectivity index (χ3v) is 3.97. The maximum atomic E-state index is 6.24. The molecule has 2 heterocycles. The standard InChI is InChI=1S/C12H21ClN4O/c1-3-17-10(9(13)8-15-17)11(16-14)12(2)6-4-5-7-18-12/h8,11,16H,3-7,14H2,1-2H3. The maximum Gasteiger partial charge on any atom is 0.0930 e. The molecule has 3 N–H and O–H groups in total. The number of hydrogen-bond donors (Lipinski definition) is 2. The summed E-state index contributed by atoms with van der Waals surface area (Å²) in [6.07, 6.45) is 4.88. The van der Waals surface area contributed by atoms with Crippen LogP contribution in [0.15, 0.2) is 6.20 Å². The zero-order chi connectivity index (χ0) is 13.2. The lowest BCUT2D eigenvalue weighted by atomic mass is 9.86. The molecule has 0 bridgehead atoms. The Hall–Kier alpha value is -0.620. The molecule has 1 saturated heterocycles. The Kier molecular flexibility index (Phi) is 4.27. The Balaban J connectivity index is 2.34. The molecule has 2 atom stereocenters. The lowest BCUT2D eigenvalue weighted by molar-refractivity contribution is -0.0914. The van der Waals surface area contributed by atoms with Crippen LogP contribution >= 0.6 is 11.6 Å². The molecule has 1 aliphatic rings. The van der Waals surface area contributed by atoms with Crippen molar-refractivity contribution in [2.75, 3.05) is 6.61 Å². The van der Waals surface area contributed by atoms with Gasteiger partial charge in [-0.1, -0.05) is 11.6 Å². The number of hydrazine groups is 1. The minimum Gasteiger partial charge on any atom is -0.373 e. The molecule has 2 unspecified atom stereocenters. The molecule has 0 saturated carbocycles. The van der Waals surface area contributed by atoms with Crippen molar-refractivity contribution in [1.82, 2.24) is 15.2 Å². The molecular formula is C12H21ClN4O. The predicted octanol–water partition coefficient (Wildman–Crippen LogP) is 2.02. The van der Waals surface area contributed by atoms with E-state index in [2.05, 4.69) is 17.4 Å². The van der Waals surface area contributed by atoms with E-state index in [-0.39, 0.29) is 11.6 Å². The van der Waals surface area contributed by atoms with Crippen LogP contribution in [-0.2, 0) is 11.3 Å². The molecule has 2 rings (SSSR count). The van der Waals surface area contributed by atoms with Crippen molar-refractivity contribution in [3.63, 3.8) is 0 Å². The first-order chi connectivity index (χ1) is 8.62. The maximum absolute atomic E-state index is 6.24.